The topological polar surface area (TPSA) is 66.8 Å². The van der Waals surface area contributed by atoms with Crippen molar-refractivity contribution in [3.63, 3.8) is 0 Å². The summed E-state index contributed by atoms with van der Waals surface area (Å²) in [7, 11) is 0. The van der Waals surface area contributed by atoms with Gasteiger partial charge in [0.1, 0.15) is 0 Å². The number of ether oxygens (including phenoxy) is 1. The van der Waals surface area contributed by atoms with Crippen molar-refractivity contribution in [2.45, 2.75) is 71.2 Å². The molecule has 0 aromatic heterocycles. The second-order valence-corrected chi connectivity index (χ2v) is 4.13. The van der Waals surface area contributed by atoms with Gasteiger partial charge in [0.05, 0.1) is 0 Å². The lowest BCUT2D eigenvalue weighted by atomic mass is 10.1. The van der Waals surface area contributed by atoms with Crippen molar-refractivity contribution in [1.82, 2.24) is 0 Å². The van der Waals surface area contributed by atoms with E-state index in [0.29, 0.717) is 6.42 Å². The molecule has 96 valence electrons. The average Bonchev–Trinajstić information content (AvgIpc) is 2.16. The van der Waals surface area contributed by atoms with Crippen LogP contribution in [0.4, 0.5) is 0 Å². The Hall–Kier alpha value is -0.610. The first kappa shape index (κ1) is 15.4. The molecule has 0 heterocycles. The minimum absolute atomic E-state index is 0.0502. The Bertz CT molecular complexity index is 189. The smallest absolute Gasteiger partial charge is 0.324 e. The van der Waals surface area contributed by atoms with Crippen molar-refractivity contribution in [2.75, 3.05) is 0 Å². The van der Waals surface area contributed by atoms with Gasteiger partial charge in [0.2, 0.25) is 0 Å². The highest BCUT2D eigenvalue weighted by molar-refractivity contribution is 5.69. The normalized spacial score (nSPS) is 11.5. The first-order valence-corrected chi connectivity index (χ1v) is 6.18. The number of hydrogen-bond donors (Lipinski definition) is 2. The van der Waals surface area contributed by atoms with Gasteiger partial charge in [0, 0.05) is 12.8 Å². The summed E-state index contributed by atoms with van der Waals surface area (Å²) in [5, 5.41) is 18.5. The van der Waals surface area contributed by atoms with E-state index in [0.717, 1.165) is 25.7 Å². The summed E-state index contributed by atoms with van der Waals surface area (Å²) < 4.78 is 4.56. The Morgan fingerprint density at radius 2 is 1.69 bits per heavy atom. The highest BCUT2D eigenvalue weighted by atomic mass is 16.8. The van der Waals surface area contributed by atoms with Crippen molar-refractivity contribution in [1.29, 1.82) is 0 Å². The Balaban J connectivity index is 3.58. The summed E-state index contributed by atoms with van der Waals surface area (Å²) in [5.74, 6) is -2.81. The molecule has 0 aromatic rings. The first-order chi connectivity index (χ1) is 7.52. The van der Waals surface area contributed by atoms with Gasteiger partial charge < -0.3 is 14.9 Å². The molecule has 0 amide bonds. The van der Waals surface area contributed by atoms with E-state index in [1.54, 1.807) is 6.92 Å². The summed E-state index contributed by atoms with van der Waals surface area (Å²) >= 11 is 0. The first-order valence-electron chi connectivity index (χ1n) is 6.18. The van der Waals surface area contributed by atoms with Crippen molar-refractivity contribution in [3.05, 3.63) is 0 Å². The molecular formula is C12H24O4. The zero-order valence-corrected chi connectivity index (χ0v) is 10.4. The molecule has 0 radical (unpaired) electrons. The standard InChI is InChI=1S/C12H24O4/c1-3-5-6-7-8-9-11(13)16-12(14,15)10-4-2/h14-15H,3-10H2,1-2H3. The highest BCUT2D eigenvalue weighted by Crippen LogP contribution is 2.13. The molecule has 4 heteroatoms. The number of carbonyl (C=O) groups excluding carboxylic acids is 1. The fraction of sp³-hybridized carbons (Fsp3) is 0.917. The number of unbranched alkanes of at least 4 members (excludes halogenated alkanes) is 4. The third-order valence-electron chi connectivity index (χ3n) is 2.34. The van der Waals surface area contributed by atoms with Crippen LogP contribution in [0.5, 0.6) is 0 Å². The van der Waals surface area contributed by atoms with Gasteiger partial charge in [0.15, 0.2) is 0 Å². The molecule has 0 unspecified atom stereocenters. The van der Waals surface area contributed by atoms with Gasteiger partial charge in [-0.25, -0.2) is 0 Å². The molecule has 0 fully saturated rings. The SMILES string of the molecule is CCCCCCCC(=O)OC(O)(O)CCC. The van der Waals surface area contributed by atoms with Crippen LogP contribution in [0.2, 0.25) is 0 Å². The summed E-state index contributed by atoms with van der Waals surface area (Å²) in [4.78, 5) is 11.2. The van der Waals surface area contributed by atoms with E-state index in [9.17, 15) is 15.0 Å². The van der Waals surface area contributed by atoms with Crippen LogP contribution in [0.25, 0.3) is 0 Å². The van der Waals surface area contributed by atoms with Crippen LogP contribution >= 0.6 is 0 Å². The van der Waals surface area contributed by atoms with Gasteiger partial charge >= 0.3 is 11.9 Å². The lowest BCUT2D eigenvalue weighted by Crippen LogP contribution is -2.34. The maximum absolute atomic E-state index is 11.2. The van der Waals surface area contributed by atoms with E-state index in [4.69, 9.17) is 0 Å². The van der Waals surface area contributed by atoms with Crippen LogP contribution in [0.15, 0.2) is 0 Å². The monoisotopic (exact) mass is 232 g/mol. The summed E-state index contributed by atoms with van der Waals surface area (Å²) in [5.41, 5.74) is 0. The number of rotatable bonds is 9. The van der Waals surface area contributed by atoms with Crippen molar-refractivity contribution < 1.29 is 19.7 Å². The maximum atomic E-state index is 11.2. The molecule has 0 aliphatic rings. The van der Waals surface area contributed by atoms with Crippen molar-refractivity contribution in [2.24, 2.45) is 0 Å². The molecule has 4 nitrogen and oxygen atoms in total. The molecule has 0 aromatic carbocycles. The molecule has 0 spiro atoms. The summed E-state index contributed by atoms with van der Waals surface area (Å²) in [6.07, 6.45) is 6.05. The number of carbonyl (C=O) groups is 1. The molecule has 0 saturated heterocycles. The maximum Gasteiger partial charge on any atom is 0.324 e. The summed E-state index contributed by atoms with van der Waals surface area (Å²) in [6, 6.07) is 0. The molecule has 0 aliphatic carbocycles. The van der Waals surface area contributed by atoms with E-state index in [1.165, 1.54) is 6.42 Å². The van der Waals surface area contributed by atoms with Crippen LogP contribution in [0, 0.1) is 0 Å². The molecule has 0 rings (SSSR count). The predicted octanol–water partition coefficient (Wildman–Crippen LogP) is 2.33. The summed E-state index contributed by atoms with van der Waals surface area (Å²) in [6.45, 7) is 3.92. The van der Waals surface area contributed by atoms with Crippen LogP contribution < -0.4 is 0 Å². The van der Waals surface area contributed by atoms with Crippen molar-refractivity contribution in [3.8, 4) is 0 Å². The Kier molecular flexibility index (Phi) is 8.21. The van der Waals surface area contributed by atoms with Crippen LogP contribution in [-0.4, -0.2) is 22.2 Å². The number of esters is 1. The van der Waals surface area contributed by atoms with Gasteiger partial charge in [-0.05, 0) is 12.8 Å². The third kappa shape index (κ3) is 8.68. The predicted molar refractivity (Wildman–Crippen MR) is 61.5 cm³/mol. The van der Waals surface area contributed by atoms with Crippen molar-refractivity contribution >= 4 is 5.97 Å². The van der Waals surface area contributed by atoms with E-state index in [-0.39, 0.29) is 12.8 Å². The third-order valence-corrected chi connectivity index (χ3v) is 2.34. The zero-order valence-electron chi connectivity index (χ0n) is 10.4. The lowest BCUT2D eigenvalue weighted by molar-refractivity contribution is -0.322. The minimum atomic E-state index is -2.28. The Morgan fingerprint density at radius 3 is 2.25 bits per heavy atom. The fourth-order valence-corrected chi connectivity index (χ4v) is 1.48. The van der Waals surface area contributed by atoms with Crippen LogP contribution in [-0.2, 0) is 9.53 Å². The minimum Gasteiger partial charge on any atom is -0.408 e. The van der Waals surface area contributed by atoms with E-state index in [1.807, 2.05) is 0 Å². The van der Waals surface area contributed by atoms with Crippen LogP contribution in [0.1, 0.15) is 65.2 Å². The molecule has 0 aliphatic heterocycles. The van der Waals surface area contributed by atoms with Gasteiger partial charge in [-0.3, -0.25) is 4.79 Å². The van der Waals surface area contributed by atoms with Crippen LogP contribution in [0.3, 0.4) is 0 Å². The molecule has 16 heavy (non-hydrogen) atoms. The average molecular weight is 232 g/mol. The molecule has 0 bridgehead atoms. The lowest BCUT2D eigenvalue weighted by Gasteiger charge is -2.20. The van der Waals surface area contributed by atoms with Gasteiger partial charge in [-0.2, -0.15) is 0 Å². The van der Waals surface area contributed by atoms with E-state index < -0.39 is 11.9 Å². The largest absolute Gasteiger partial charge is 0.408 e. The second-order valence-electron chi connectivity index (χ2n) is 4.13. The van der Waals surface area contributed by atoms with Gasteiger partial charge in [0.25, 0.3) is 0 Å². The molecular weight excluding hydrogens is 208 g/mol. The van der Waals surface area contributed by atoms with Gasteiger partial charge in [-0.1, -0.05) is 39.5 Å². The Labute approximate surface area is 97.6 Å². The number of hydrogen-bond acceptors (Lipinski definition) is 4. The zero-order chi connectivity index (χ0) is 12.4. The molecule has 0 atom stereocenters. The van der Waals surface area contributed by atoms with Gasteiger partial charge in [-0.15, -0.1) is 0 Å². The van der Waals surface area contributed by atoms with E-state index in [2.05, 4.69) is 11.7 Å². The molecule has 0 saturated carbocycles. The highest BCUT2D eigenvalue weighted by Gasteiger charge is 2.26. The fourth-order valence-electron chi connectivity index (χ4n) is 1.48. The molecule has 2 N–H and O–H groups in total. The Morgan fingerprint density at radius 1 is 1.06 bits per heavy atom. The quantitative estimate of drug-likeness (QED) is 0.364. The van der Waals surface area contributed by atoms with E-state index >= 15 is 0 Å². The number of aliphatic hydroxyl groups is 2. The second kappa shape index (κ2) is 8.53.